The molecular formula is C14H22BrNO3. The maximum atomic E-state index is 5.46. The average molecular weight is 332 g/mol. The number of benzene rings is 1. The van der Waals surface area contributed by atoms with Crippen LogP contribution in [0.2, 0.25) is 0 Å². The minimum absolute atomic E-state index is 0.609. The first-order chi connectivity index (χ1) is 9.24. The molecular weight excluding hydrogens is 310 g/mol. The fourth-order valence-electron chi connectivity index (χ4n) is 1.49. The highest BCUT2D eigenvalue weighted by molar-refractivity contribution is 9.10. The van der Waals surface area contributed by atoms with Crippen LogP contribution in [0.5, 0.6) is 0 Å². The largest absolute Gasteiger partial charge is 0.382 e. The zero-order valence-electron chi connectivity index (χ0n) is 11.6. The molecule has 108 valence electrons. The first-order valence-electron chi connectivity index (χ1n) is 6.38. The van der Waals surface area contributed by atoms with Crippen LogP contribution in [0.15, 0.2) is 22.7 Å². The van der Waals surface area contributed by atoms with Crippen molar-refractivity contribution in [2.75, 3.05) is 52.0 Å². The van der Waals surface area contributed by atoms with Crippen molar-refractivity contribution in [3.8, 4) is 0 Å². The lowest BCUT2D eigenvalue weighted by molar-refractivity contribution is 0.0272. The summed E-state index contributed by atoms with van der Waals surface area (Å²) in [5.74, 6) is 0. The Hall–Kier alpha value is -0.620. The average Bonchev–Trinajstić information content (AvgIpc) is 2.39. The van der Waals surface area contributed by atoms with Crippen molar-refractivity contribution in [3.63, 3.8) is 0 Å². The second-order valence-electron chi connectivity index (χ2n) is 4.13. The van der Waals surface area contributed by atoms with E-state index < -0.39 is 0 Å². The number of halogens is 1. The molecule has 0 aliphatic heterocycles. The molecule has 1 aromatic carbocycles. The number of nitrogens with one attached hydrogen (secondary N) is 1. The third-order valence-corrected chi connectivity index (χ3v) is 3.15. The lowest BCUT2D eigenvalue weighted by Gasteiger charge is -2.10. The summed E-state index contributed by atoms with van der Waals surface area (Å²) in [5, 5.41) is 3.32. The van der Waals surface area contributed by atoms with E-state index in [9.17, 15) is 0 Å². The normalized spacial score (nSPS) is 10.7. The highest BCUT2D eigenvalue weighted by atomic mass is 79.9. The molecule has 0 aromatic heterocycles. The van der Waals surface area contributed by atoms with Crippen LogP contribution < -0.4 is 5.32 Å². The summed E-state index contributed by atoms with van der Waals surface area (Å²) in [5.41, 5.74) is 2.33. The van der Waals surface area contributed by atoms with Crippen molar-refractivity contribution in [2.45, 2.75) is 6.92 Å². The zero-order chi connectivity index (χ0) is 13.9. The Morgan fingerprint density at radius 1 is 1.05 bits per heavy atom. The van der Waals surface area contributed by atoms with Gasteiger partial charge in [-0.05, 0) is 40.5 Å². The molecule has 0 bridgehead atoms. The van der Waals surface area contributed by atoms with Crippen LogP contribution in [0, 0.1) is 6.92 Å². The zero-order valence-corrected chi connectivity index (χ0v) is 13.2. The topological polar surface area (TPSA) is 39.7 Å². The highest BCUT2D eigenvalue weighted by Gasteiger charge is 1.98. The molecule has 0 spiro atoms. The van der Waals surface area contributed by atoms with Crippen molar-refractivity contribution < 1.29 is 14.2 Å². The summed E-state index contributed by atoms with van der Waals surface area (Å²) >= 11 is 3.53. The SMILES string of the molecule is COCCOCCOCCNc1ccc(C)cc1Br. The molecule has 0 saturated carbocycles. The van der Waals surface area contributed by atoms with Gasteiger partial charge in [0, 0.05) is 23.8 Å². The Balaban J connectivity index is 2.01. The van der Waals surface area contributed by atoms with Crippen molar-refractivity contribution in [1.82, 2.24) is 0 Å². The van der Waals surface area contributed by atoms with E-state index in [1.165, 1.54) is 5.56 Å². The van der Waals surface area contributed by atoms with E-state index in [4.69, 9.17) is 14.2 Å². The number of hydrogen-bond donors (Lipinski definition) is 1. The number of methoxy groups -OCH3 is 1. The van der Waals surface area contributed by atoms with Gasteiger partial charge >= 0.3 is 0 Å². The molecule has 0 saturated heterocycles. The minimum Gasteiger partial charge on any atom is -0.382 e. The van der Waals surface area contributed by atoms with Gasteiger partial charge < -0.3 is 19.5 Å². The van der Waals surface area contributed by atoms with Crippen molar-refractivity contribution in [3.05, 3.63) is 28.2 Å². The minimum atomic E-state index is 0.609. The summed E-state index contributed by atoms with van der Waals surface area (Å²) in [6.45, 7) is 5.98. The molecule has 0 heterocycles. The first-order valence-corrected chi connectivity index (χ1v) is 7.18. The van der Waals surface area contributed by atoms with E-state index in [0.29, 0.717) is 33.0 Å². The van der Waals surface area contributed by atoms with Gasteiger partial charge in [-0.1, -0.05) is 6.07 Å². The van der Waals surface area contributed by atoms with Crippen LogP contribution in [0.1, 0.15) is 5.56 Å². The van der Waals surface area contributed by atoms with Gasteiger partial charge in [0.2, 0.25) is 0 Å². The fourth-order valence-corrected chi connectivity index (χ4v) is 2.12. The van der Waals surface area contributed by atoms with Crippen LogP contribution >= 0.6 is 15.9 Å². The Kier molecular flexibility index (Phi) is 8.82. The lowest BCUT2D eigenvalue weighted by atomic mass is 10.2. The van der Waals surface area contributed by atoms with Crippen LogP contribution in [0.4, 0.5) is 5.69 Å². The Labute approximate surface area is 123 Å². The quantitative estimate of drug-likeness (QED) is 0.669. The fraction of sp³-hybridized carbons (Fsp3) is 0.571. The molecule has 1 rings (SSSR count). The summed E-state index contributed by atoms with van der Waals surface area (Å²) < 4.78 is 16.7. The van der Waals surface area contributed by atoms with E-state index in [0.717, 1.165) is 16.7 Å². The number of hydrogen-bond acceptors (Lipinski definition) is 4. The molecule has 4 nitrogen and oxygen atoms in total. The molecule has 0 aliphatic carbocycles. The maximum Gasteiger partial charge on any atom is 0.0701 e. The standard InChI is InChI=1S/C14H22BrNO3/c1-12-3-4-14(13(15)11-12)16-5-6-18-9-10-19-8-7-17-2/h3-4,11,16H,5-10H2,1-2H3. The van der Waals surface area contributed by atoms with E-state index >= 15 is 0 Å². The molecule has 0 amide bonds. The van der Waals surface area contributed by atoms with Crippen LogP contribution in [0.25, 0.3) is 0 Å². The van der Waals surface area contributed by atoms with Gasteiger partial charge in [-0.15, -0.1) is 0 Å². The summed E-state index contributed by atoms with van der Waals surface area (Å²) in [7, 11) is 1.66. The molecule has 0 aliphatic rings. The van der Waals surface area contributed by atoms with Gasteiger partial charge in [0.1, 0.15) is 0 Å². The van der Waals surface area contributed by atoms with Crippen molar-refractivity contribution in [2.24, 2.45) is 0 Å². The second kappa shape index (κ2) is 10.2. The van der Waals surface area contributed by atoms with Gasteiger partial charge in [-0.3, -0.25) is 0 Å². The number of rotatable bonds is 10. The molecule has 1 aromatic rings. The van der Waals surface area contributed by atoms with E-state index in [-0.39, 0.29) is 0 Å². The number of anilines is 1. The second-order valence-corrected chi connectivity index (χ2v) is 4.98. The monoisotopic (exact) mass is 331 g/mol. The Morgan fingerprint density at radius 3 is 2.42 bits per heavy atom. The van der Waals surface area contributed by atoms with Gasteiger partial charge in [0.15, 0.2) is 0 Å². The summed E-state index contributed by atoms with van der Waals surface area (Å²) in [6, 6.07) is 6.23. The third kappa shape index (κ3) is 7.52. The van der Waals surface area contributed by atoms with E-state index in [2.05, 4.69) is 46.4 Å². The summed E-state index contributed by atoms with van der Waals surface area (Å²) in [6.07, 6.45) is 0. The Bertz CT molecular complexity index is 361. The predicted molar refractivity (Wildman–Crippen MR) is 80.9 cm³/mol. The molecule has 1 N–H and O–H groups in total. The van der Waals surface area contributed by atoms with Crippen molar-refractivity contribution >= 4 is 21.6 Å². The molecule has 0 radical (unpaired) electrons. The third-order valence-electron chi connectivity index (χ3n) is 2.49. The maximum absolute atomic E-state index is 5.46. The van der Waals surface area contributed by atoms with Crippen LogP contribution in [-0.4, -0.2) is 46.7 Å². The molecule has 5 heteroatoms. The lowest BCUT2D eigenvalue weighted by Crippen LogP contribution is -2.13. The predicted octanol–water partition coefficient (Wildman–Crippen LogP) is 2.85. The summed E-state index contributed by atoms with van der Waals surface area (Å²) in [4.78, 5) is 0. The van der Waals surface area contributed by atoms with Gasteiger partial charge in [-0.25, -0.2) is 0 Å². The van der Waals surface area contributed by atoms with Crippen molar-refractivity contribution in [1.29, 1.82) is 0 Å². The Morgan fingerprint density at radius 2 is 1.74 bits per heavy atom. The smallest absolute Gasteiger partial charge is 0.0701 e. The highest BCUT2D eigenvalue weighted by Crippen LogP contribution is 2.22. The molecule has 0 unspecified atom stereocenters. The number of aryl methyl sites for hydroxylation is 1. The van der Waals surface area contributed by atoms with Gasteiger partial charge in [-0.2, -0.15) is 0 Å². The first kappa shape index (κ1) is 16.4. The van der Waals surface area contributed by atoms with Crippen LogP contribution in [-0.2, 0) is 14.2 Å². The van der Waals surface area contributed by atoms with Gasteiger partial charge in [0.25, 0.3) is 0 Å². The van der Waals surface area contributed by atoms with E-state index in [1.54, 1.807) is 7.11 Å². The number of ether oxygens (including phenoxy) is 3. The molecule has 19 heavy (non-hydrogen) atoms. The van der Waals surface area contributed by atoms with Gasteiger partial charge in [0.05, 0.1) is 33.0 Å². The molecule has 0 fully saturated rings. The molecule has 0 atom stereocenters. The van der Waals surface area contributed by atoms with E-state index in [1.807, 2.05) is 0 Å². The van der Waals surface area contributed by atoms with Crippen LogP contribution in [0.3, 0.4) is 0 Å².